The number of hydrogen-bond donors (Lipinski definition) is 2. The van der Waals surface area contributed by atoms with Gasteiger partial charge in [0.1, 0.15) is 0 Å². The molecule has 0 saturated heterocycles. The summed E-state index contributed by atoms with van der Waals surface area (Å²) in [6.45, 7) is 2.35. The maximum absolute atomic E-state index is 9.09. The predicted molar refractivity (Wildman–Crippen MR) is 60.9 cm³/mol. The maximum Gasteiger partial charge on any atom is 0.0684 e. The molecule has 0 aliphatic carbocycles. The number of benzene rings is 1. The molecule has 3 heteroatoms. The van der Waals surface area contributed by atoms with E-state index in [4.69, 9.17) is 5.11 Å². The number of rotatable bonds is 4. The summed E-state index contributed by atoms with van der Waals surface area (Å²) in [6, 6.07) is 8.12. The molecule has 1 aromatic rings. The topological polar surface area (TPSA) is 35.5 Å². The first-order chi connectivity index (χ1) is 6.59. The lowest BCUT2D eigenvalue weighted by Gasteiger charge is -2.13. The quantitative estimate of drug-likeness (QED) is 0.763. The Kier molecular flexibility index (Phi) is 3.77. The van der Waals surface area contributed by atoms with Crippen molar-refractivity contribution in [2.24, 2.45) is 0 Å². The van der Waals surface area contributed by atoms with Crippen LogP contribution in [0.1, 0.15) is 6.92 Å². The molecule has 0 saturated carbocycles. The Bertz CT molecular complexity index is 267. The molecule has 0 aliphatic heterocycles. The molecule has 0 aliphatic rings. The van der Waals surface area contributed by atoms with Gasteiger partial charge in [-0.15, -0.1) is 0 Å². The SMILES string of the molecule is C[C@@H](O)CNc1ccc(N(C)C)cc1. The van der Waals surface area contributed by atoms with E-state index in [9.17, 15) is 0 Å². The highest BCUT2D eigenvalue weighted by Gasteiger charge is 1.97. The molecule has 0 heterocycles. The summed E-state index contributed by atoms with van der Waals surface area (Å²) in [6.07, 6.45) is -0.316. The Balaban J connectivity index is 2.55. The summed E-state index contributed by atoms with van der Waals surface area (Å²) in [7, 11) is 4.02. The second-order valence-electron chi connectivity index (χ2n) is 3.67. The van der Waals surface area contributed by atoms with Gasteiger partial charge in [0, 0.05) is 32.0 Å². The molecule has 0 amide bonds. The monoisotopic (exact) mass is 194 g/mol. The van der Waals surface area contributed by atoms with Gasteiger partial charge in [-0.2, -0.15) is 0 Å². The average molecular weight is 194 g/mol. The normalized spacial score (nSPS) is 12.3. The minimum atomic E-state index is -0.316. The van der Waals surface area contributed by atoms with Gasteiger partial charge in [0.25, 0.3) is 0 Å². The van der Waals surface area contributed by atoms with Gasteiger partial charge in [0.15, 0.2) is 0 Å². The fourth-order valence-corrected chi connectivity index (χ4v) is 1.14. The standard InChI is InChI=1S/C11H18N2O/c1-9(14)8-12-10-4-6-11(7-5-10)13(2)3/h4-7,9,12,14H,8H2,1-3H3/t9-/m1/s1. The Hall–Kier alpha value is -1.22. The van der Waals surface area contributed by atoms with E-state index in [2.05, 4.69) is 10.2 Å². The molecule has 14 heavy (non-hydrogen) atoms. The van der Waals surface area contributed by atoms with Crippen molar-refractivity contribution >= 4 is 11.4 Å². The van der Waals surface area contributed by atoms with Crippen LogP contribution in [0.3, 0.4) is 0 Å². The second kappa shape index (κ2) is 4.86. The molecule has 1 atom stereocenters. The number of anilines is 2. The molecule has 0 spiro atoms. The average Bonchev–Trinajstić information content (AvgIpc) is 2.15. The summed E-state index contributed by atoms with van der Waals surface area (Å²) >= 11 is 0. The highest BCUT2D eigenvalue weighted by molar-refractivity contribution is 5.54. The molecule has 1 aromatic carbocycles. The fraction of sp³-hybridized carbons (Fsp3) is 0.455. The van der Waals surface area contributed by atoms with Gasteiger partial charge in [-0.1, -0.05) is 0 Å². The molecule has 0 bridgehead atoms. The number of aliphatic hydroxyl groups is 1. The van der Waals surface area contributed by atoms with E-state index in [-0.39, 0.29) is 6.10 Å². The highest BCUT2D eigenvalue weighted by atomic mass is 16.3. The molecule has 0 unspecified atom stereocenters. The smallest absolute Gasteiger partial charge is 0.0684 e. The van der Waals surface area contributed by atoms with Crippen LogP contribution in [0.5, 0.6) is 0 Å². The van der Waals surface area contributed by atoms with E-state index >= 15 is 0 Å². The Morgan fingerprint density at radius 3 is 2.29 bits per heavy atom. The van der Waals surface area contributed by atoms with Gasteiger partial charge in [-0.3, -0.25) is 0 Å². The minimum absolute atomic E-state index is 0.316. The van der Waals surface area contributed by atoms with Crippen LogP contribution in [0.15, 0.2) is 24.3 Å². The van der Waals surface area contributed by atoms with Gasteiger partial charge in [-0.25, -0.2) is 0 Å². The van der Waals surface area contributed by atoms with E-state index in [1.54, 1.807) is 6.92 Å². The largest absolute Gasteiger partial charge is 0.392 e. The van der Waals surface area contributed by atoms with Crippen LogP contribution in [0.25, 0.3) is 0 Å². The summed E-state index contributed by atoms with van der Waals surface area (Å²) in [5.74, 6) is 0. The van der Waals surface area contributed by atoms with E-state index < -0.39 is 0 Å². The molecule has 2 N–H and O–H groups in total. The maximum atomic E-state index is 9.09. The third-order valence-electron chi connectivity index (χ3n) is 1.99. The summed E-state index contributed by atoms with van der Waals surface area (Å²) < 4.78 is 0. The van der Waals surface area contributed by atoms with Crippen molar-refractivity contribution < 1.29 is 5.11 Å². The van der Waals surface area contributed by atoms with Crippen LogP contribution >= 0.6 is 0 Å². The number of aliphatic hydroxyl groups excluding tert-OH is 1. The third-order valence-corrected chi connectivity index (χ3v) is 1.99. The lowest BCUT2D eigenvalue weighted by atomic mass is 10.2. The Labute approximate surface area is 85.4 Å². The molecular weight excluding hydrogens is 176 g/mol. The lowest BCUT2D eigenvalue weighted by molar-refractivity contribution is 0.208. The molecule has 0 fully saturated rings. The Morgan fingerprint density at radius 2 is 1.86 bits per heavy atom. The van der Waals surface area contributed by atoms with E-state index in [1.807, 2.05) is 38.4 Å². The zero-order chi connectivity index (χ0) is 10.6. The van der Waals surface area contributed by atoms with Gasteiger partial charge in [0.05, 0.1) is 6.10 Å². The molecule has 0 radical (unpaired) electrons. The minimum Gasteiger partial charge on any atom is -0.392 e. The zero-order valence-corrected chi connectivity index (χ0v) is 8.99. The van der Waals surface area contributed by atoms with Crippen molar-refractivity contribution in [2.75, 3.05) is 30.9 Å². The van der Waals surface area contributed by atoms with Gasteiger partial charge in [0.2, 0.25) is 0 Å². The van der Waals surface area contributed by atoms with Crippen molar-refractivity contribution in [2.45, 2.75) is 13.0 Å². The van der Waals surface area contributed by atoms with E-state index in [0.29, 0.717) is 6.54 Å². The lowest BCUT2D eigenvalue weighted by Crippen LogP contribution is -2.15. The summed E-state index contributed by atoms with van der Waals surface area (Å²) in [4.78, 5) is 2.05. The fourth-order valence-electron chi connectivity index (χ4n) is 1.14. The number of hydrogen-bond acceptors (Lipinski definition) is 3. The Morgan fingerprint density at radius 1 is 1.29 bits per heavy atom. The number of nitrogens with one attached hydrogen (secondary N) is 1. The van der Waals surface area contributed by atoms with Crippen LogP contribution in [-0.4, -0.2) is 31.9 Å². The van der Waals surface area contributed by atoms with Crippen LogP contribution < -0.4 is 10.2 Å². The van der Waals surface area contributed by atoms with Crippen molar-refractivity contribution in [1.29, 1.82) is 0 Å². The summed E-state index contributed by atoms with van der Waals surface area (Å²) in [5, 5.41) is 12.2. The highest BCUT2D eigenvalue weighted by Crippen LogP contribution is 2.15. The molecule has 0 aromatic heterocycles. The van der Waals surface area contributed by atoms with Crippen molar-refractivity contribution in [3.63, 3.8) is 0 Å². The van der Waals surface area contributed by atoms with E-state index in [0.717, 1.165) is 5.69 Å². The molecular formula is C11H18N2O. The van der Waals surface area contributed by atoms with Gasteiger partial charge in [-0.05, 0) is 31.2 Å². The van der Waals surface area contributed by atoms with Crippen molar-refractivity contribution in [1.82, 2.24) is 0 Å². The van der Waals surface area contributed by atoms with Gasteiger partial charge < -0.3 is 15.3 Å². The third kappa shape index (κ3) is 3.26. The molecule has 1 rings (SSSR count). The van der Waals surface area contributed by atoms with Gasteiger partial charge >= 0.3 is 0 Å². The summed E-state index contributed by atoms with van der Waals surface area (Å²) in [5.41, 5.74) is 2.21. The molecule has 78 valence electrons. The predicted octanol–water partition coefficient (Wildman–Crippen LogP) is 1.55. The zero-order valence-electron chi connectivity index (χ0n) is 8.99. The first kappa shape index (κ1) is 10.9. The van der Waals surface area contributed by atoms with E-state index in [1.165, 1.54) is 5.69 Å². The van der Waals surface area contributed by atoms with Crippen LogP contribution in [0.4, 0.5) is 11.4 Å². The molecule has 3 nitrogen and oxygen atoms in total. The first-order valence-electron chi connectivity index (χ1n) is 4.79. The van der Waals surface area contributed by atoms with Crippen molar-refractivity contribution in [3.8, 4) is 0 Å². The first-order valence-corrected chi connectivity index (χ1v) is 4.79. The van der Waals surface area contributed by atoms with Crippen LogP contribution in [0.2, 0.25) is 0 Å². The van der Waals surface area contributed by atoms with Crippen LogP contribution in [0, 0.1) is 0 Å². The second-order valence-corrected chi connectivity index (χ2v) is 3.67. The van der Waals surface area contributed by atoms with Crippen LogP contribution in [-0.2, 0) is 0 Å². The van der Waals surface area contributed by atoms with Crippen molar-refractivity contribution in [3.05, 3.63) is 24.3 Å². The number of nitrogens with zero attached hydrogens (tertiary/aromatic N) is 1.